The molecule has 4 aromatic rings. The van der Waals surface area contributed by atoms with Crippen LogP contribution in [0.4, 0.5) is 20.2 Å². The van der Waals surface area contributed by atoms with Crippen molar-refractivity contribution in [2.24, 2.45) is 0 Å². The van der Waals surface area contributed by atoms with Crippen molar-refractivity contribution in [1.29, 1.82) is 0 Å². The fourth-order valence-corrected chi connectivity index (χ4v) is 12.1. The molecule has 0 aliphatic carbocycles. The van der Waals surface area contributed by atoms with Crippen LogP contribution in [0.2, 0.25) is 10.0 Å². The molecule has 4 aliphatic heterocycles. The summed E-state index contributed by atoms with van der Waals surface area (Å²) >= 11 is 12.1. The van der Waals surface area contributed by atoms with Gasteiger partial charge in [-0.2, -0.15) is 0 Å². The number of ether oxygens (including phenoxy) is 2. The summed E-state index contributed by atoms with van der Waals surface area (Å²) in [5.41, 5.74) is 2.41. The third-order valence-corrected chi connectivity index (χ3v) is 17.1. The number of carboxylic acid groups (broad SMARTS) is 1. The number of nitrogens with zero attached hydrogens (tertiary/aromatic N) is 3. The highest BCUT2D eigenvalue weighted by Crippen LogP contribution is 2.38. The standard InChI is InChI=1S/C25H29ClFN3O4S.C13H17FN2.C12H14ClNO5S/c1-29(2)35(32,33)24-15-22(26)23(34-3)12-16(24)4-11-25(31)30-20-9-10-21(30)14-19(13-20)28-18-7-5-17(27)6-8-18;14-9-1-3-10(4-2-9)15-13-7-11-5-6-12(8-13)16-11;1-14(2)20(17,18)11-7-9(13)10(19-3)6-8(11)4-5-12(15)16/h4-8,11-12,15,19-21,28H,9-10,13-14H2,1-3H3;1-4,11-13,15-16H,5-8H2;4-7H,1-3H3,(H,15,16)/b11-4+;;5-4+/t19?,20-,21+;11-,12+,13?;. The molecule has 4 aliphatic rings. The summed E-state index contributed by atoms with van der Waals surface area (Å²) in [7, 11) is 0.905. The van der Waals surface area contributed by atoms with Crippen LogP contribution in [0.3, 0.4) is 0 Å². The molecule has 4 saturated heterocycles. The first kappa shape index (κ1) is 55.0. The number of aliphatic carboxylic acids is 1. The van der Waals surface area contributed by atoms with Gasteiger partial charge in [0.15, 0.2) is 0 Å². The molecule has 4 fully saturated rings. The van der Waals surface area contributed by atoms with Crippen LogP contribution in [-0.4, -0.2) is 126 Å². The topological polar surface area (TPSA) is 187 Å². The SMILES string of the molecule is COc1cc(/C=C/C(=O)N2[C@@H]3CC[C@H]2CC(Nc2ccc(F)cc2)C3)c(S(=O)(=O)N(C)C)cc1Cl.COc1cc(/C=C/C(=O)O)c(S(=O)(=O)N(C)C)cc1Cl.Fc1ccc(NC2C[C@H]3CC[C@@H](C2)N3)cc1. The first-order valence-electron chi connectivity index (χ1n) is 22.9. The van der Waals surface area contributed by atoms with Crippen LogP contribution in [0.25, 0.3) is 12.2 Å². The van der Waals surface area contributed by atoms with E-state index in [0.29, 0.717) is 29.4 Å². The molecule has 4 N–H and O–H groups in total. The number of sulfonamides is 2. The molecule has 0 spiro atoms. The summed E-state index contributed by atoms with van der Waals surface area (Å²) < 4.78 is 88.4. The van der Waals surface area contributed by atoms with Gasteiger partial charge in [0.05, 0.1) is 34.1 Å². The third-order valence-electron chi connectivity index (χ3n) is 12.8. The Morgan fingerprint density at radius 1 is 0.662 bits per heavy atom. The van der Waals surface area contributed by atoms with Gasteiger partial charge in [-0.05, 0) is 147 Å². The average Bonchev–Trinajstić information content (AvgIpc) is 3.82. The van der Waals surface area contributed by atoms with Crippen molar-refractivity contribution in [1.82, 2.24) is 18.8 Å². The quantitative estimate of drug-likeness (QED) is 0.0883. The lowest BCUT2D eigenvalue weighted by Crippen LogP contribution is -2.49. The molecule has 2 unspecified atom stereocenters. The molecule has 4 aromatic carbocycles. The molecule has 0 aromatic heterocycles. The minimum absolute atomic E-state index is 0.00234. The Balaban J connectivity index is 0.000000193. The lowest BCUT2D eigenvalue weighted by molar-refractivity contribution is -0.131. The molecular formula is C50H60Cl2F2N6O9S2. The maximum absolute atomic E-state index is 13.2. The zero-order valence-electron chi connectivity index (χ0n) is 40.2. The number of carbonyl (C=O) groups excluding carboxylic acids is 1. The lowest BCUT2D eigenvalue weighted by Gasteiger charge is -2.39. The Kier molecular flexibility index (Phi) is 18.6. The summed E-state index contributed by atoms with van der Waals surface area (Å²) in [6.07, 6.45) is 13.4. The highest BCUT2D eigenvalue weighted by molar-refractivity contribution is 7.89. The molecule has 1 amide bonds. The zero-order valence-corrected chi connectivity index (χ0v) is 43.4. The second-order valence-electron chi connectivity index (χ2n) is 18.0. The van der Waals surface area contributed by atoms with Gasteiger partial charge in [0.25, 0.3) is 0 Å². The number of hydrogen-bond donors (Lipinski definition) is 4. The van der Waals surface area contributed by atoms with E-state index in [4.69, 9.17) is 37.8 Å². The van der Waals surface area contributed by atoms with Crippen LogP contribution in [0, 0.1) is 11.6 Å². The fraction of sp³-hybridized carbons (Fsp3) is 0.400. The van der Waals surface area contributed by atoms with Gasteiger partial charge in [-0.1, -0.05) is 23.2 Å². The van der Waals surface area contributed by atoms with Crippen LogP contribution in [0.1, 0.15) is 62.5 Å². The molecule has 384 valence electrons. The largest absolute Gasteiger partial charge is 0.495 e. The van der Waals surface area contributed by atoms with Gasteiger partial charge in [0.1, 0.15) is 23.1 Å². The number of piperidine rings is 2. The van der Waals surface area contributed by atoms with Gasteiger partial charge in [-0.25, -0.2) is 39.0 Å². The summed E-state index contributed by atoms with van der Waals surface area (Å²) in [5, 5.41) is 19.5. The minimum atomic E-state index is -3.79. The molecule has 0 saturated carbocycles. The summed E-state index contributed by atoms with van der Waals surface area (Å²) in [6, 6.07) is 20.7. The van der Waals surface area contributed by atoms with Gasteiger partial charge in [0.2, 0.25) is 26.0 Å². The molecule has 4 heterocycles. The number of benzene rings is 4. The smallest absolute Gasteiger partial charge is 0.328 e. The Bertz CT molecular complexity index is 2790. The van der Waals surface area contributed by atoms with Crippen LogP contribution in [0.5, 0.6) is 11.5 Å². The Morgan fingerprint density at radius 2 is 1.06 bits per heavy atom. The van der Waals surface area contributed by atoms with E-state index in [9.17, 15) is 35.2 Å². The zero-order chi connectivity index (χ0) is 51.8. The number of anilines is 2. The Hall–Kier alpha value is -5.28. The van der Waals surface area contributed by atoms with Crippen LogP contribution in [0.15, 0.2) is 94.7 Å². The summed E-state index contributed by atoms with van der Waals surface area (Å²) in [4.78, 5) is 25.6. The molecule has 15 nitrogen and oxygen atoms in total. The number of halogens is 4. The predicted molar refractivity (Wildman–Crippen MR) is 273 cm³/mol. The first-order valence-corrected chi connectivity index (χ1v) is 26.5. The fourth-order valence-electron chi connectivity index (χ4n) is 9.32. The minimum Gasteiger partial charge on any atom is -0.495 e. The number of carbonyl (C=O) groups is 2. The lowest BCUT2D eigenvalue weighted by atomic mass is 9.96. The van der Waals surface area contributed by atoms with Crippen LogP contribution >= 0.6 is 23.2 Å². The van der Waals surface area contributed by atoms with Crippen molar-refractivity contribution < 1.29 is 49.8 Å². The Morgan fingerprint density at radius 3 is 1.44 bits per heavy atom. The number of fused-ring (bicyclic) bond motifs is 4. The van der Waals surface area contributed by atoms with Gasteiger partial charge in [0, 0.05) is 88.0 Å². The van der Waals surface area contributed by atoms with Crippen molar-refractivity contribution in [2.75, 3.05) is 53.0 Å². The van der Waals surface area contributed by atoms with Crippen molar-refractivity contribution >= 4 is 78.7 Å². The van der Waals surface area contributed by atoms with Gasteiger partial charge < -0.3 is 35.4 Å². The van der Waals surface area contributed by atoms with Crippen molar-refractivity contribution in [3.8, 4) is 11.5 Å². The monoisotopic (exact) mass is 1060 g/mol. The van der Waals surface area contributed by atoms with E-state index in [1.54, 1.807) is 12.1 Å². The third kappa shape index (κ3) is 14.0. The molecule has 0 radical (unpaired) electrons. The van der Waals surface area contributed by atoms with E-state index in [1.807, 2.05) is 17.0 Å². The number of rotatable bonds is 14. The molecular weight excluding hydrogens is 1000 g/mol. The summed E-state index contributed by atoms with van der Waals surface area (Å²) in [5.74, 6) is -1.20. The van der Waals surface area contributed by atoms with Crippen molar-refractivity contribution in [3.63, 3.8) is 0 Å². The van der Waals surface area contributed by atoms with Crippen molar-refractivity contribution in [2.45, 2.75) is 97.4 Å². The molecule has 4 bridgehead atoms. The van der Waals surface area contributed by atoms with Crippen LogP contribution in [-0.2, 0) is 29.6 Å². The maximum atomic E-state index is 13.2. The molecule has 6 atom stereocenters. The highest BCUT2D eigenvalue weighted by Gasteiger charge is 2.42. The van der Waals surface area contributed by atoms with E-state index < -0.39 is 26.0 Å². The van der Waals surface area contributed by atoms with E-state index in [2.05, 4.69) is 16.0 Å². The Labute approximate surface area is 424 Å². The average molecular weight is 1060 g/mol. The number of carboxylic acids is 1. The van der Waals surface area contributed by atoms with Gasteiger partial charge in [-0.15, -0.1) is 0 Å². The second-order valence-corrected chi connectivity index (χ2v) is 23.1. The molecule has 71 heavy (non-hydrogen) atoms. The van der Waals surface area contributed by atoms with Gasteiger partial charge >= 0.3 is 5.97 Å². The van der Waals surface area contributed by atoms with E-state index in [0.717, 1.165) is 51.7 Å². The van der Waals surface area contributed by atoms with E-state index in [1.165, 1.54) is 135 Å². The predicted octanol–water partition coefficient (Wildman–Crippen LogP) is 8.60. The van der Waals surface area contributed by atoms with E-state index >= 15 is 0 Å². The van der Waals surface area contributed by atoms with E-state index in [-0.39, 0.29) is 66.8 Å². The number of hydrogen-bond acceptors (Lipinski definition) is 11. The number of nitrogens with one attached hydrogen (secondary N) is 3. The summed E-state index contributed by atoms with van der Waals surface area (Å²) in [6.45, 7) is 0. The van der Waals surface area contributed by atoms with Crippen LogP contribution < -0.4 is 25.4 Å². The first-order chi connectivity index (χ1) is 33.6. The number of amides is 1. The molecule has 8 rings (SSSR count). The maximum Gasteiger partial charge on any atom is 0.328 e. The normalized spacial score (nSPS) is 21.7. The number of methoxy groups -OCH3 is 2. The van der Waals surface area contributed by atoms with Gasteiger partial charge in [-0.3, -0.25) is 4.79 Å². The highest BCUT2D eigenvalue weighted by atomic mass is 35.5. The molecule has 21 heteroatoms. The second kappa shape index (κ2) is 24.0. The van der Waals surface area contributed by atoms with Crippen molar-refractivity contribution in [3.05, 3.63) is 118 Å².